The Morgan fingerprint density at radius 2 is 2.00 bits per heavy atom. The van der Waals surface area contributed by atoms with Gasteiger partial charge in [-0.1, -0.05) is 0 Å². The van der Waals surface area contributed by atoms with Crippen LogP contribution in [0.15, 0.2) is 18.2 Å². The van der Waals surface area contributed by atoms with E-state index in [2.05, 4.69) is 5.32 Å². The van der Waals surface area contributed by atoms with E-state index in [-0.39, 0.29) is 5.56 Å². The number of amides is 1. The second kappa shape index (κ2) is 6.01. The SMILES string of the molecule is CNCCN(C)C(=O)c1ccc(F)c(C(F)(F)F)c1. The zero-order chi connectivity index (χ0) is 14.6. The molecule has 1 aromatic carbocycles. The van der Waals surface area contributed by atoms with Crippen LogP contribution < -0.4 is 5.32 Å². The summed E-state index contributed by atoms with van der Waals surface area (Å²) in [6.07, 6.45) is -4.82. The predicted octanol–water partition coefficient (Wildman–Crippen LogP) is 2.14. The Bertz CT molecular complexity index is 460. The first-order valence-corrected chi connectivity index (χ1v) is 5.54. The minimum Gasteiger partial charge on any atom is -0.340 e. The topological polar surface area (TPSA) is 32.3 Å². The lowest BCUT2D eigenvalue weighted by Gasteiger charge is -2.18. The lowest BCUT2D eigenvalue weighted by atomic mass is 10.1. The molecule has 0 aromatic heterocycles. The summed E-state index contributed by atoms with van der Waals surface area (Å²) in [4.78, 5) is 13.1. The maximum atomic E-state index is 13.1. The Morgan fingerprint density at radius 3 is 2.53 bits per heavy atom. The molecule has 0 spiro atoms. The van der Waals surface area contributed by atoms with E-state index in [1.54, 1.807) is 7.05 Å². The number of carbonyl (C=O) groups is 1. The first kappa shape index (κ1) is 15.4. The predicted molar refractivity (Wildman–Crippen MR) is 62.3 cm³/mol. The molecule has 0 bridgehead atoms. The van der Waals surface area contributed by atoms with Crippen LogP contribution in [0.25, 0.3) is 0 Å². The Kier molecular flexibility index (Phi) is 4.88. The maximum absolute atomic E-state index is 13.1. The molecule has 0 unspecified atom stereocenters. The van der Waals surface area contributed by atoms with Crippen molar-refractivity contribution in [2.24, 2.45) is 0 Å². The van der Waals surface area contributed by atoms with Crippen LogP contribution in [-0.2, 0) is 6.18 Å². The fourth-order valence-corrected chi connectivity index (χ4v) is 1.48. The number of nitrogens with one attached hydrogen (secondary N) is 1. The van der Waals surface area contributed by atoms with Crippen LogP contribution in [0.5, 0.6) is 0 Å². The molecular formula is C12H14F4N2O. The van der Waals surface area contributed by atoms with Crippen LogP contribution in [0.3, 0.4) is 0 Å². The molecule has 0 radical (unpaired) electrons. The number of benzene rings is 1. The van der Waals surface area contributed by atoms with Gasteiger partial charge in [0.15, 0.2) is 0 Å². The molecular weight excluding hydrogens is 264 g/mol. The lowest BCUT2D eigenvalue weighted by Crippen LogP contribution is -2.33. The van der Waals surface area contributed by atoms with E-state index < -0.39 is 23.5 Å². The first-order chi connectivity index (χ1) is 8.77. The maximum Gasteiger partial charge on any atom is 0.419 e. The number of halogens is 4. The van der Waals surface area contributed by atoms with Gasteiger partial charge in [-0.3, -0.25) is 4.79 Å². The van der Waals surface area contributed by atoms with Gasteiger partial charge in [0.2, 0.25) is 0 Å². The Balaban J connectivity index is 2.99. The van der Waals surface area contributed by atoms with Crippen LogP contribution in [0.2, 0.25) is 0 Å². The van der Waals surface area contributed by atoms with Crippen molar-refractivity contribution in [2.45, 2.75) is 6.18 Å². The zero-order valence-corrected chi connectivity index (χ0v) is 10.5. The van der Waals surface area contributed by atoms with Crippen molar-refractivity contribution < 1.29 is 22.4 Å². The average molecular weight is 278 g/mol. The Hall–Kier alpha value is -1.63. The smallest absolute Gasteiger partial charge is 0.340 e. The summed E-state index contributed by atoms with van der Waals surface area (Å²) in [6, 6.07) is 2.23. The van der Waals surface area contributed by atoms with Crippen molar-refractivity contribution in [1.29, 1.82) is 0 Å². The molecule has 7 heteroatoms. The summed E-state index contributed by atoms with van der Waals surface area (Å²) in [5.74, 6) is -1.97. The second-order valence-corrected chi connectivity index (χ2v) is 4.02. The van der Waals surface area contributed by atoms with E-state index in [1.807, 2.05) is 0 Å². The minimum atomic E-state index is -4.82. The van der Waals surface area contributed by atoms with Crippen molar-refractivity contribution >= 4 is 5.91 Å². The molecule has 0 aliphatic carbocycles. The number of nitrogens with zero attached hydrogens (tertiary/aromatic N) is 1. The highest BCUT2D eigenvalue weighted by Crippen LogP contribution is 2.32. The second-order valence-electron chi connectivity index (χ2n) is 4.02. The van der Waals surface area contributed by atoms with Crippen LogP contribution >= 0.6 is 0 Å². The third-order valence-electron chi connectivity index (χ3n) is 2.56. The fourth-order valence-electron chi connectivity index (χ4n) is 1.48. The molecule has 1 rings (SSSR count). The fraction of sp³-hybridized carbons (Fsp3) is 0.417. The number of likely N-dealkylation sites (N-methyl/N-ethyl adjacent to an activating group) is 2. The van der Waals surface area contributed by atoms with E-state index in [4.69, 9.17) is 0 Å². The summed E-state index contributed by atoms with van der Waals surface area (Å²) < 4.78 is 50.6. The normalized spacial score (nSPS) is 11.5. The van der Waals surface area contributed by atoms with E-state index >= 15 is 0 Å². The van der Waals surface area contributed by atoms with Gasteiger partial charge in [0.1, 0.15) is 5.82 Å². The molecule has 1 aromatic rings. The minimum absolute atomic E-state index is 0.188. The van der Waals surface area contributed by atoms with E-state index in [9.17, 15) is 22.4 Å². The van der Waals surface area contributed by atoms with Gasteiger partial charge in [0, 0.05) is 25.7 Å². The van der Waals surface area contributed by atoms with Crippen molar-refractivity contribution in [3.8, 4) is 0 Å². The van der Waals surface area contributed by atoms with Gasteiger partial charge in [0.05, 0.1) is 5.56 Å². The van der Waals surface area contributed by atoms with Crippen LogP contribution in [0.1, 0.15) is 15.9 Å². The molecule has 0 fully saturated rings. The van der Waals surface area contributed by atoms with E-state index in [0.717, 1.165) is 6.07 Å². The number of hydrogen-bond acceptors (Lipinski definition) is 2. The lowest BCUT2D eigenvalue weighted by molar-refractivity contribution is -0.140. The van der Waals surface area contributed by atoms with E-state index in [0.29, 0.717) is 25.2 Å². The van der Waals surface area contributed by atoms with E-state index in [1.165, 1.54) is 11.9 Å². The molecule has 3 nitrogen and oxygen atoms in total. The highest BCUT2D eigenvalue weighted by atomic mass is 19.4. The van der Waals surface area contributed by atoms with Gasteiger partial charge < -0.3 is 10.2 Å². The number of alkyl halides is 3. The molecule has 0 aliphatic rings. The van der Waals surface area contributed by atoms with Gasteiger partial charge in [-0.2, -0.15) is 13.2 Å². The summed E-state index contributed by atoms with van der Waals surface area (Å²) in [5.41, 5.74) is -1.62. The van der Waals surface area contributed by atoms with Crippen LogP contribution in [0.4, 0.5) is 17.6 Å². The van der Waals surface area contributed by atoms with Gasteiger partial charge in [-0.15, -0.1) is 0 Å². The largest absolute Gasteiger partial charge is 0.419 e. The molecule has 106 valence electrons. The Labute approximate surface area is 108 Å². The molecule has 0 heterocycles. The quantitative estimate of drug-likeness (QED) is 0.856. The average Bonchev–Trinajstić information content (AvgIpc) is 2.34. The Morgan fingerprint density at radius 1 is 1.37 bits per heavy atom. The summed E-state index contributed by atoms with van der Waals surface area (Å²) in [7, 11) is 3.16. The molecule has 0 saturated carbocycles. The van der Waals surface area contributed by atoms with Crippen molar-refractivity contribution in [2.75, 3.05) is 27.2 Å². The highest BCUT2D eigenvalue weighted by Gasteiger charge is 2.34. The van der Waals surface area contributed by atoms with Gasteiger partial charge in [0.25, 0.3) is 5.91 Å². The number of hydrogen-bond donors (Lipinski definition) is 1. The summed E-state index contributed by atoms with van der Waals surface area (Å²) >= 11 is 0. The molecule has 1 amide bonds. The van der Waals surface area contributed by atoms with Crippen LogP contribution in [-0.4, -0.2) is 38.0 Å². The van der Waals surface area contributed by atoms with Crippen LogP contribution in [0, 0.1) is 5.82 Å². The molecule has 0 atom stereocenters. The highest BCUT2D eigenvalue weighted by molar-refractivity contribution is 5.94. The van der Waals surface area contributed by atoms with Crippen molar-refractivity contribution in [3.63, 3.8) is 0 Å². The van der Waals surface area contributed by atoms with Gasteiger partial charge in [-0.25, -0.2) is 4.39 Å². The first-order valence-electron chi connectivity index (χ1n) is 5.54. The van der Waals surface area contributed by atoms with Gasteiger partial charge in [-0.05, 0) is 25.2 Å². The molecule has 0 saturated heterocycles. The van der Waals surface area contributed by atoms with Crippen molar-refractivity contribution in [3.05, 3.63) is 35.1 Å². The number of rotatable bonds is 4. The zero-order valence-electron chi connectivity index (χ0n) is 10.5. The standard InChI is InChI=1S/C12H14F4N2O/c1-17-5-6-18(2)11(19)8-3-4-10(13)9(7-8)12(14,15)16/h3-4,7,17H,5-6H2,1-2H3. The summed E-state index contributed by atoms with van der Waals surface area (Å²) in [6.45, 7) is 0.851. The van der Waals surface area contributed by atoms with Crippen molar-refractivity contribution in [1.82, 2.24) is 10.2 Å². The number of carbonyl (C=O) groups excluding carboxylic acids is 1. The molecule has 0 aliphatic heterocycles. The molecule has 1 N–H and O–H groups in total. The third-order valence-corrected chi connectivity index (χ3v) is 2.56. The van der Waals surface area contributed by atoms with Gasteiger partial charge >= 0.3 is 6.18 Å². The third kappa shape index (κ3) is 3.92. The molecule has 19 heavy (non-hydrogen) atoms. The monoisotopic (exact) mass is 278 g/mol. The summed E-state index contributed by atoms with van der Waals surface area (Å²) in [5, 5.41) is 2.82.